The zero-order valence-electron chi connectivity index (χ0n) is 73.2. The van der Waals surface area contributed by atoms with Crippen LogP contribution in [0.25, 0.3) is 62.7 Å². The van der Waals surface area contributed by atoms with Crippen LogP contribution in [0.15, 0.2) is 30.7 Å². The van der Waals surface area contributed by atoms with Crippen molar-refractivity contribution in [3.8, 4) is 0 Å². The first-order valence-electron chi connectivity index (χ1n) is 36.3. The van der Waals surface area contributed by atoms with Gasteiger partial charge in [0.2, 0.25) is 0 Å². The summed E-state index contributed by atoms with van der Waals surface area (Å²) in [5, 5.41) is 16.9. The number of phosphoric ester groups is 1. The first kappa shape index (κ1) is 130. The summed E-state index contributed by atoms with van der Waals surface area (Å²) in [5.74, 6) is -59.4. The Morgan fingerprint density at radius 3 is 0.724 bits per heavy atom. The van der Waals surface area contributed by atoms with Crippen LogP contribution < -0.4 is 5.32 Å². The third-order valence-electron chi connectivity index (χ3n) is 15.8. The molecule has 6 aromatic rings. The predicted molar refractivity (Wildman–Crippen MR) is 432 cm³/mol. The Bertz CT molecular complexity index is 5920. The normalized spacial score (nSPS) is 11.0. The van der Waals surface area contributed by atoms with Crippen LogP contribution in [-0.4, -0.2) is 237 Å². The van der Waals surface area contributed by atoms with Crippen LogP contribution >= 0.6 is 28.0 Å². The lowest BCUT2D eigenvalue weighted by molar-refractivity contribution is -0.00942. The topological polar surface area (TPSA) is 697 Å². The van der Waals surface area contributed by atoms with E-state index < -0.39 is 344 Å². The number of carbonyl (C=O) groups is 6. The third kappa shape index (κ3) is 36.1. The fraction of sp³-hybridized carbons (Fsp3) is 0.354. The van der Waals surface area contributed by atoms with Crippen molar-refractivity contribution in [1.29, 1.82) is 0 Å². The van der Waals surface area contributed by atoms with Crippen molar-refractivity contribution in [2.75, 3.05) is 155 Å². The van der Waals surface area contributed by atoms with E-state index in [1.165, 1.54) is 64.0 Å². The van der Waals surface area contributed by atoms with Gasteiger partial charge in [-0.15, -0.1) is 0 Å². The maximum Gasteiger partial charge on any atom is 0.679 e. The molecule has 0 aliphatic heterocycles. The molecule has 0 unspecified atom stereocenters. The van der Waals surface area contributed by atoms with E-state index in [4.69, 9.17) is 102 Å². The lowest BCUT2D eigenvalue weighted by Gasteiger charge is -2.24. The SMILES string of the molecule is CO[Si](CNC(=O)c1c(F)c(F)c(N=[N+]=[N-])c(F)c1F)(OC)OC.CO[Si](COCCOC(=O)c1c(F)c(F)c(N=[N+]=[N-])c(F)c1F)(OC)OC.CO[Si](OC)(OC)OCCOC(=O)c1c(F)c(F)c(N=[N+]=[N-])c(F)c1F.[N-]=[N+]=Nc1c(F)c(F)c(C(=O)OCCOCP(=O)(O)O)c(F)c1F.[N-]=[N+]=Nc1c(F)c(F)c(C(=O)OCCOCS)c(F)c1F.[N-]=[N+]=Nc1c(F)c(F)c(C(=O)OCCOP(=O)(O)O)c(F)c1F. The summed E-state index contributed by atoms with van der Waals surface area (Å²) in [7, 11) is -7.66. The number of benzene rings is 6. The monoisotopic (exact) mass is 2240 g/mol. The number of rotatable bonds is 45. The maximum atomic E-state index is 13.8. The first-order valence-corrected chi connectivity index (χ1v) is 45.7. The Kier molecular flexibility index (Phi) is 55.6. The molecule has 0 aliphatic carbocycles. The van der Waals surface area contributed by atoms with Gasteiger partial charge in [0, 0.05) is 93.5 Å². The Labute approximate surface area is 798 Å². The van der Waals surface area contributed by atoms with Crippen molar-refractivity contribution in [2.45, 2.75) is 0 Å². The van der Waals surface area contributed by atoms with Gasteiger partial charge in [-0.05, 0) is 33.2 Å². The number of thiol groups is 1. The van der Waals surface area contributed by atoms with E-state index in [0.717, 1.165) is 0 Å². The number of halogens is 24. The van der Waals surface area contributed by atoms with E-state index in [0.29, 0.717) is 0 Å². The number of hydrogen-bond donors (Lipinski definition) is 6. The minimum Gasteiger partial charge on any atom is -0.460 e. The van der Waals surface area contributed by atoms with Crippen molar-refractivity contribution in [2.24, 2.45) is 30.7 Å². The highest BCUT2D eigenvalue weighted by molar-refractivity contribution is 7.80. The summed E-state index contributed by atoms with van der Waals surface area (Å²) in [6.45, 7) is -5.18. The highest BCUT2D eigenvalue weighted by Gasteiger charge is 2.45. The average molecular weight is 2240 g/mol. The summed E-state index contributed by atoms with van der Waals surface area (Å²) in [4.78, 5) is 115. The second-order valence-corrected chi connectivity index (χ2v) is 35.5. The predicted octanol–water partition coefficient (Wildman–Crippen LogP) is 16.0. The van der Waals surface area contributed by atoms with Crippen molar-refractivity contribution >= 4 is 125 Å². The number of carbonyl (C=O) groups excluding carboxylic acids is 6. The smallest absolute Gasteiger partial charge is 0.460 e. The average Bonchev–Trinajstić information content (AvgIpc) is 0.804. The molecular weight excluding hydrogens is 2180 g/mol. The van der Waals surface area contributed by atoms with Gasteiger partial charge in [0.15, 0.2) is 140 Å². The van der Waals surface area contributed by atoms with Gasteiger partial charge in [-0.3, -0.25) is 13.9 Å². The highest BCUT2D eigenvalue weighted by Crippen LogP contribution is 2.40. The molecule has 0 saturated carbocycles. The van der Waals surface area contributed by atoms with Gasteiger partial charge in [0.05, 0.1) is 45.1 Å². The van der Waals surface area contributed by atoms with Gasteiger partial charge >= 0.3 is 71.9 Å². The molecule has 0 radical (unpaired) electrons. The van der Waals surface area contributed by atoms with Gasteiger partial charge in [-0.2, -0.15) is 12.6 Å². The van der Waals surface area contributed by atoms with Crippen molar-refractivity contribution in [1.82, 2.24) is 5.32 Å². The molecule has 50 nitrogen and oxygen atoms in total. The summed E-state index contributed by atoms with van der Waals surface area (Å²) >= 11 is 3.68. The molecular formula is C65H61F24N19O31P2SSi3. The quantitative estimate of drug-likeness (QED) is 0.00168. The lowest BCUT2D eigenvalue weighted by atomic mass is 10.1. The molecule has 0 fully saturated rings. The van der Waals surface area contributed by atoms with Crippen LogP contribution in [0.3, 0.4) is 0 Å². The van der Waals surface area contributed by atoms with E-state index in [1.807, 2.05) is 29.9 Å². The maximum absolute atomic E-state index is 13.8. The number of esters is 5. The fourth-order valence-electron chi connectivity index (χ4n) is 9.19. The number of ether oxygens (including phenoxy) is 8. The molecule has 145 heavy (non-hydrogen) atoms. The number of amides is 1. The molecule has 5 N–H and O–H groups in total. The fourth-order valence-corrected chi connectivity index (χ4v) is 13.7. The molecule has 0 aliphatic rings. The summed E-state index contributed by atoms with van der Waals surface area (Å²) in [6, 6.07) is 0. The van der Waals surface area contributed by atoms with Gasteiger partial charge in [-0.25, -0.2) is 134 Å². The van der Waals surface area contributed by atoms with Crippen LogP contribution in [0.1, 0.15) is 62.1 Å². The minimum atomic E-state index is -4.85. The number of nitrogens with one attached hydrogen (secondary N) is 1. The molecule has 80 heteroatoms. The van der Waals surface area contributed by atoms with Crippen molar-refractivity contribution < 1.29 is 250 Å². The Hall–Kier alpha value is -12.9. The number of phosphoric acid groups is 1. The van der Waals surface area contributed by atoms with E-state index in [9.17, 15) is 143 Å². The minimum absolute atomic E-state index is 0.0182. The molecule has 0 spiro atoms. The Morgan fingerprint density at radius 2 is 0.517 bits per heavy atom. The molecule has 0 atom stereocenters. The van der Waals surface area contributed by atoms with Crippen LogP contribution in [-0.2, 0) is 95.8 Å². The second kappa shape index (κ2) is 62.0. The van der Waals surface area contributed by atoms with Gasteiger partial charge in [0.1, 0.15) is 113 Å². The molecule has 0 saturated heterocycles. The van der Waals surface area contributed by atoms with Crippen LogP contribution in [0, 0.1) is 140 Å². The van der Waals surface area contributed by atoms with Crippen LogP contribution in [0.2, 0.25) is 0 Å². The highest BCUT2D eigenvalue weighted by atomic mass is 32.1. The number of nitrogens with zero attached hydrogens (tertiary/aromatic N) is 18. The molecule has 798 valence electrons. The van der Waals surface area contributed by atoms with Gasteiger partial charge < -0.3 is 107 Å². The Balaban J connectivity index is 0.000000871. The van der Waals surface area contributed by atoms with Crippen LogP contribution in [0.4, 0.5) is 139 Å². The molecule has 0 aromatic heterocycles. The first-order chi connectivity index (χ1) is 68.0. The second-order valence-electron chi connectivity index (χ2n) is 24.0. The van der Waals surface area contributed by atoms with Crippen LogP contribution in [0.5, 0.6) is 0 Å². The van der Waals surface area contributed by atoms with Gasteiger partial charge in [-0.1, -0.05) is 30.7 Å². The molecule has 0 bridgehead atoms. The van der Waals surface area contributed by atoms with Crippen molar-refractivity contribution in [3.63, 3.8) is 0 Å². The largest absolute Gasteiger partial charge is 0.679 e. The van der Waals surface area contributed by atoms with E-state index in [-0.39, 0.29) is 32.0 Å². The summed E-state index contributed by atoms with van der Waals surface area (Å²) in [6.07, 6.45) is -1.52. The Morgan fingerprint density at radius 1 is 0.303 bits per heavy atom. The standard InChI is InChI=1S/C13H15F4N3O6Si.C12H13F4N3O6Si.C11H12F4N4O4Si.C10H8F4N3O6P.C10H7F4N3O3S.C9H6F4N3O6P/c1-22-27(23-2,24-3)6-25-4-5-26-13(21)7-8(14)10(16)12(19-20-18)11(17)9(7)15;1-21-26(22-2,23-3)25-5-4-24-12(20)6-7(13)9(15)11(18-19-17)10(16)8(6)14;1-21-24(22-2,23-3)4-17-11(20)5-6(12)8(14)10(18-19-16)9(15)7(5)13;11-5-4(6(12)8(14)9(7(5)13)16-17-15)10(18)23-2-1-22-3-24(19,20)21;11-5-4(10(18)20-2-1-19-3-21)6(12)8(14)9(7(5)13)16-17-15;10-4-3(9(17)21-1-2-22-23(18,19)20)5(11)7(13)8(6(4)12)15-16-14/h4-6H2,1-3H3;4-5H2,1-3H3;4H2,1-3H3,(H,17,20);1-3H2,(H2,19,20,21);21H,1-3H2;1-2H2,(H2,18,19,20). The summed E-state index contributed by atoms with van der Waals surface area (Å²) in [5.41, 5.74) is 29.6. The van der Waals surface area contributed by atoms with Crippen molar-refractivity contribution in [3.05, 3.63) is 236 Å². The van der Waals surface area contributed by atoms with Gasteiger partial charge in [0.25, 0.3) is 5.91 Å². The third-order valence-corrected chi connectivity index (χ3v) is 24.0. The number of hydrogen-bond acceptors (Lipinski definition) is 34. The zero-order chi connectivity index (χ0) is 111. The van der Waals surface area contributed by atoms with E-state index >= 15 is 0 Å². The van der Waals surface area contributed by atoms with E-state index in [1.54, 1.807) is 0 Å². The lowest BCUT2D eigenvalue weighted by Crippen LogP contribution is -2.53. The molecule has 0 heterocycles. The summed E-state index contributed by atoms with van der Waals surface area (Å²) < 4.78 is 437. The molecule has 1 amide bonds. The number of azide groups is 6. The molecule has 6 aromatic carbocycles. The zero-order valence-corrected chi connectivity index (χ0v) is 78.9. The van der Waals surface area contributed by atoms with E-state index in [2.05, 4.69) is 85.9 Å². The molecule has 6 rings (SSSR count).